The van der Waals surface area contributed by atoms with Gasteiger partial charge in [-0.15, -0.1) is 0 Å². The summed E-state index contributed by atoms with van der Waals surface area (Å²) in [6.45, 7) is 4.06. The molecule has 0 bridgehead atoms. The third-order valence-electron chi connectivity index (χ3n) is 3.56. The number of nitro groups is 1. The van der Waals surface area contributed by atoms with Crippen LogP contribution in [-0.2, 0) is 0 Å². The third kappa shape index (κ3) is 2.97. The highest BCUT2D eigenvalue weighted by Gasteiger charge is 2.22. The fourth-order valence-electron chi connectivity index (χ4n) is 2.40. The van der Waals surface area contributed by atoms with Crippen LogP contribution in [0.15, 0.2) is 12.3 Å². The largest absolute Gasteiger partial charge is 0.362 e. The summed E-state index contributed by atoms with van der Waals surface area (Å²) in [6, 6.07) is 1.89. The van der Waals surface area contributed by atoms with Crippen LogP contribution in [-0.4, -0.2) is 15.9 Å². The van der Waals surface area contributed by atoms with Gasteiger partial charge in [-0.2, -0.15) is 0 Å². The zero-order valence-corrected chi connectivity index (χ0v) is 10.8. The molecule has 1 aromatic heterocycles. The van der Waals surface area contributed by atoms with E-state index in [0.717, 1.165) is 24.3 Å². The van der Waals surface area contributed by atoms with Crippen LogP contribution in [0.1, 0.15) is 38.2 Å². The molecule has 1 fully saturated rings. The van der Waals surface area contributed by atoms with E-state index in [1.807, 2.05) is 6.92 Å². The molecule has 0 spiro atoms. The number of pyridine rings is 1. The highest BCUT2D eigenvalue weighted by atomic mass is 16.6. The molecule has 0 aromatic carbocycles. The molecule has 98 valence electrons. The second kappa shape index (κ2) is 5.33. The van der Waals surface area contributed by atoms with Gasteiger partial charge in [-0.25, -0.2) is 4.98 Å². The van der Waals surface area contributed by atoms with Crippen LogP contribution in [0.2, 0.25) is 0 Å². The summed E-state index contributed by atoms with van der Waals surface area (Å²) < 4.78 is 0. The Hall–Kier alpha value is -1.65. The van der Waals surface area contributed by atoms with E-state index in [2.05, 4.69) is 17.2 Å². The summed E-state index contributed by atoms with van der Waals surface area (Å²) in [7, 11) is 0. The second-order valence-electron chi connectivity index (χ2n) is 5.24. The number of aromatic nitrogens is 1. The lowest BCUT2D eigenvalue weighted by Gasteiger charge is -2.27. The average molecular weight is 249 g/mol. The molecule has 1 N–H and O–H groups in total. The number of aryl methyl sites for hydroxylation is 1. The Kier molecular flexibility index (Phi) is 3.79. The van der Waals surface area contributed by atoms with E-state index in [9.17, 15) is 10.1 Å². The normalized spacial score (nSPS) is 23.7. The van der Waals surface area contributed by atoms with Gasteiger partial charge in [0.2, 0.25) is 5.82 Å². The molecule has 18 heavy (non-hydrogen) atoms. The molecular weight excluding hydrogens is 230 g/mol. The molecule has 5 heteroatoms. The lowest BCUT2D eigenvalue weighted by atomic mass is 9.87. The van der Waals surface area contributed by atoms with Gasteiger partial charge in [-0.1, -0.05) is 6.92 Å². The maximum atomic E-state index is 11.0. The fraction of sp³-hybridized carbons (Fsp3) is 0.615. The summed E-state index contributed by atoms with van der Waals surface area (Å²) in [5, 5.41) is 14.2. The molecule has 1 aliphatic rings. The molecule has 0 atom stereocenters. The van der Waals surface area contributed by atoms with Crippen molar-refractivity contribution in [3.63, 3.8) is 0 Å². The van der Waals surface area contributed by atoms with E-state index in [-0.39, 0.29) is 10.6 Å². The van der Waals surface area contributed by atoms with Gasteiger partial charge in [-0.05, 0) is 44.1 Å². The Bertz CT molecular complexity index is 440. The first-order valence-corrected chi connectivity index (χ1v) is 6.44. The van der Waals surface area contributed by atoms with Crippen LogP contribution in [0.25, 0.3) is 0 Å². The molecule has 0 amide bonds. The summed E-state index contributed by atoms with van der Waals surface area (Å²) in [5.74, 6) is 1.18. The topological polar surface area (TPSA) is 68.1 Å². The zero-order valence-electron chi connectivity index (χ0n) is 10.8. The van der Waals surface area contributed by atoms with E-state index in [0.29, 0.717) is 11.9 Å². The summed E-state index contributed by atoms with van der Waals surface area (Å²) in [4.78, 5) is 14.8. The van der Waals surface area contributed by atoms with Crippen LogP contribution in [0, 0.1) is 23.0 Å². The predicted molar refractivity (Wildman–Crippen MR) is 70.7 cm³/mol. The molecule has 2 rings (SSSR count). The van der Waals surface area contributed by atoms with Gasteiger partial charge in [0.25, 0.3) is 0 Å². The second-order valence-corrected chi connectivity index (χ2v) is 5.24. The van der Waals surface area contributed by atoms with Crippen LogP contribution >= 0.6 is 0 Å². The minimum absolute atomic E-state index is 0.0774. The number of hydrogen-bond donors (Lipinski definition) is 1. The molecule has 1 saturated carbocycles. The smallest absolute Gasteiger partial charge is 0.311 e. The van der Waals surface area contributed by atoms with Gasteiger partial charge in [0.1, 0.15) is 0 Å². The van der Waals surface area contributed by atoms with Crippen molar-refractivity contribution in [2.75, 3.05) is 5.32 Å². The highest BCUT2D eigenvalue weighted by molar-refractivity contribution is 5.57. The highest BCUT2D eigenvalue weighted by Crippen LogP contribution is 2.29. The average Bonchev–Trinajstić information content (AvgIpc) is 2.34. The number of rotatable bonds is 3. The van der Waals surface area contributed by atoms with Crippen molar-refractivity contribution in [3.8, 4) is 0 Å². The SMILES string of the molecule is Cc1cnc(NC2CCC(C)CC2)c([N+](=O)[O-])c1. The van der Waals surface area contributed by atoms with Crippen LogP contribution < -0.4 is 5.32 Å². The lowest BCUT2D eigenvalue weighted by Crippen LogP contribution is -2.26. The van der Waals surface area contributed by atoms with Crippen molar-refractivity contribution < 1.29 is 4.92 Å². The van der Waals surface area contributed by atoms with E-state index < -0.39 is 0 Å². The van der Waals surface area contributed by atoms with E-state index in [1.165, 1.54) is 12.8 Å². The van der Waals surface area contributed by atoms with E-state index in [1.54, 1.807) is 12.3 Å². The van der Waals surface area contributed by atoms with Gasteiger partial charge in [0, 0.05) is 18.3 Å². The Labute approximate surface area is 107 Å². The Morgan fingerprint density at radius 1 is 1.39 bits per heavy atom. The third-order valence-corrected chi connectivity index (χ3v) is 3.56. The monoisotopic (exact) mass is 249 g/mol. The molecule has 1 aromatic rings. The van der Waals surface area contributed by atoms with Crippen molar-refractivity contribution in [1.82, 2.24) is 4.98 Å². The summed E-state index contributed by atoms with van der Waals surface area (Å²) in [6.07, 6.45) is 6.15. The molecule has 0 unspecified atom stereocenters. The fourth-order valence-corrected chi connectivity index (χ4v) is 2.40. The van der Waals surface area contributed by atoms with Crippen LogP contribution in [0.3, 0.4) is 0 Å². The molecule has 0 aliphatic heterocycles. The standard InChI is InChI=1S/C13H19N3O2/c1-9-3-5-11(6-4-9)15-13-12(16(17)18)7-10(2)8-14-13/h7-9,11H,3-6H2,1-2H3,(H,14,15). The van der Waals surface area contributed by atoms with E-state index in [4.69, 9.17) is 0 Å². The number of nitrogens with one attached hydrogen (secondary N) is 1. The number of hydrogen-bond acceptors (Lipinski definition) is 4. The lowest BCUT2D eigenvalue weighted by molar-refractivity contribution is -0.384. The Morgan fingerprint density at radius 3 is 2.67 bits per heavy atom. The van der Waals surface area contributed by atoms with Gasteiger partial charge in [-0.3, -0.25) is 10.1 Å². The van der Waals surface area contributed by atoms with E-state index >= 15 is 0 Å². The molecule has 1 heterocycles. The first-order chi connectivity index (χ1) is 8.56. The molecule has 1 aliphatic carbocycles. The minimum Gasteiger partial charge on any atom is -0.362 e. The first-order valence-electron chi connectivity index (χ1n) is 6.44. The van der Waals surface area contributed by atoms with Gasteiger partial charge < -0.3 is 5.32 Å². The summed E-state index contributed by atoms with van der Waals surface area (Å²) in [5.41, 5.74) is 0.887. The number of anilines is 1. The maximum absolute atomic E-state index is 11.0. The van der Waals surface area contributed by atoms with Gasteiger partial charge in [0.05, 0.1) is 4.92 Å². The quantitative estimate of drug-likeness (QED) is 0.659. The van der Waals surface area contributed by atoms with Crippen molar-refractivity contribution in [1.29, 1.82) is 0 Å². The molecular formula is C13H19N3O2. The molecule has 5 nitrogen and oxygen atoms in total. The maximum Gasteiger partial charge on any atom is 0.311 e. The van der Waals surface area contributed by atoms with Crippen LogP contribution in [0.5, 0.6) is 0 Å². The predicted octanol–water partition coefficient (Wildman–Crippen LogP) is 3.29. The minimum atomic E-state index is -0.367. The first kappa shape index (κ1) is 12.8. The summed E-state index contributed by atoms with van der Waals surface area (Å²) >= 11 is 0. The molecule has 0 saturated heterocycles. The Balaban J connectivity index is 2.11. The number of nitrogens with zero attached hydrogens (tertiary/aromatic N) is 2. The van der Waals surface area contributed by atoms with Crippen LogP contribution in [0.4, 0.5) is 11.5 Å². The van der Waals surface area contributed by atoms with Crippen molar-refractivity contribution in [2.45, 2.75) is 45.6 Å². The van der Waals surface area contributed by atoms with Crippen molar-refractivity contribution >= 4 is 11.5 Å². The zero-order chi connectivity index (χ0) is 13.1. The van der Waals surface area contributed by atoms with Gasteiger partial charge >= 0.3 is 5.69 Å². The van der Waals surface area contributed by atoms with Crippen molar-refractivity contribution in [3.05, 3.63) is 27.9 Å². The Morgan fingerprint density at radius 2 is 2.06 bits per heavy atom. The molecule has 0 radical (unpaired) electrons. The van der Waals surface area contributed by atoms with Crippen molar-refractivity contribution in [2.24, 2.45) is 5.92 Å². The van der Waals surface area contributed by atoms with Gasteiger partial charge in [0.15, 0.2) is 0 Å².